The van der Waals surface area contributed by atoms with E-state index in [0.29, 0.717) is 5.56 Å². The monoisotopic (exact) mass is 250 g/mol. The molecule has 1 fully saturated rings. The quantitative estimate of drug-likeness (QED) is 0.867. The predicted octanol–water partition coefficient (Wildman–Crippen LogP) is 3.77. The van der Waals surface area contributed by atoms with Gasteiger partial charge in [-0.05, 0) is 31.4 Å². The highest BCUT2D eigenvalue weighted by atomic mass is 19.1. The van der Waals surface area contributed by atoms with Crippen LogP contribution >= 0.6 is 0 Å². The van der Waals surface area contributed by atoms with Crippen LogP contribution < -0.4 is 5.32 Å². The fourth-order valence-corrected chi connectivity index (χ4v) is 2.43. The molecule has 1 aromatic carbocycles. The Morgan fingerprint density at radius 2 is 2.00 bits per heavy atom. The van der Waals surface area contributed by atoms with Crippen molar-refractivity contribution < 1.29 is 8.78 Å². The van der Waals surface area contributed by atoms with E-state index in [4.69, 9.17) is 5.26 Å². The Balaban J connectivity index is 2.23. The lowest BCUT2D eigenvalue weighted by Gasteiger charge is -2.28. The summed E-state index contributed by atoms with van der Waals surface area (Å²) >= 11 is 0. The molecule has 0 heterocycles. The van der Waals surface area contributed by atoms with Crippen molar-refractivity contribution in [1.82, 2.24) is 0 Å². The van der Waals surface area contributed by atoms with Crippen molar-refractivity contribution in [3.8, 4) is 6.07 Å². The van der Waals surface area contributed by atoms with Gasteiger partial charge in [0.1, 0.15) is 11.5 Å². The number of nitriles is 1. The first-order chi connectivity index (χ1) is 8.63. The van der Waals surface area contributed by atoms with Crippen molar-refractivity contribution in [2.24, 2.45) is 5.92 Å². The number of halogens is 2. The Morgan fingerprint density at radius 1 is 1.28 bits per heavy atom. The maximum atomic E-state index is 13.9. The molecule has 1 aromatic rings. The highest BCUT2D eigenvalue weighted by Gasteiger charge is 2.26. The first kappa shape index (κ1) is 12.8. The summed E-state index contributed by atoms with van der Waals surface area (Å²) < 4.78 is 27.5. The van der Waals surface area contributed by atoms with Gasteiger partial charge in [0.15, 0.2) is 5.82 Å². The Labute approximate surface area is 106 Å². The van der Waals surface area contributed by atoms with Gasteiger partial charge in [-0.25, -0.2) is 8.78 Å². The topological polar surface area (TPSA) is 35.8 Å². The Bertz CT molecular complexity index is 479. The Morgan fingerprint density at radius 3 is 2.72 bits per heavy atom. The van der Waals surface area contributed by atoms with Crippen LogP contribution in [-0.2, 0) is 0 Å². The molecule has 1 N–H and O–H groups in total. The molecule has 2 nitrogen and oxygen atoms in total. The van der Waals surface area contributed by atoms with E-state index in [2.05, 4.69) is 11.4 Å². The maximum Gasteiger partial charge on any atom is 0.152 e. The van der Waals surface area contributed by atoms with Crippen LogP contribution in [0.4, 0.5) is 14.5 Å². The van der Waals surface area contributed by atoms with Gasteiger partial charge in [0, 0.05) is 6.04 Å². The second kappa shape index (κ2) is 5.34. The first-order valence-corrected chi connectivity index (χ1v) is 6.24. The Hall–Kier alpha value is -1.63. The Kier molecular flexibility index (Phi) is 3.81. The molecule has 1 saturated carbocycles. The van der Waals surface area contributed by atoms with Crippen LogP contribution in [0.15, 0.2) is 12.1 Å². The van der Waals surface area contributed by atoms with Gasteiger partial charge in [-0.2, -0.15) is 5.26 Å². The summed E-state index contributed by atoms with van der Waals surface area (Å²) in [6.45, 7) is 1.60. The molecule has 0 aliphatic heterocycles. The normalized spacial score (nSPS) is 23.4. The van der Waals surface area contributed by atoms with Gasteiger partial charge in [-0.15, -0.1) is 0 Å². The minimum absolute atomic E-state index is 0.0952. The minimum Gasteiger partial charge on any atom is -0.376 e. The van der Waals surface area contributed by atoms with Crippen LogP contribution in [-0.4, -0.2) is 6.04 Å². The van der Waals surface area contributed by atoms with E-state index in [-0.39, 0.29) is 17.6 Å². The zero-order chi connectivity index (χ0) is 13.1. The fraction of sp³-hybridized carbons (Fsp3) is 0.500. The lowest BCUT2D eigenvalue weighted by atomic mass is 9.85. The molecule has 1 aliphatic carbocycles. The average molecular weight is 250 g/mol. The molecule has 0 spiro atoms. The van der Waals surface area contributed by atoms with E-state index >= 15 is 0 Å². The zero-order valence-electron chi connectivity index (χ0n) is 10.3. The van der Waals surface area contributed by atoms with E-state index in [9.17, 15) is 8.78 Å². The number of nitrogens with one attached hydrogen (secondary N) is 1. The number of rotatable bonds is 2. The van der Waals surface area contributed by atoms with Crippen LogP contribution in [0, 0.1) is 35.8 Å². The summed E-state index contributed by atoms with van der Waals surface area (Å²) in [6, 6.07) is 4.73. The third-order valence-corrected chi connectivity index (χ3v) is 3.55. The van der Waals surface area contributed by atoms with Crippen LogP contribution in [0.3, 0.4) is 0 Å². The fourth-order valence-electron chi connectivity index (χ4n) is 2.43. The molecule has 2 atom stereocenters. The van der Waals surface area contributed by atoms with Gasteiger partial charge in [-0.1, -0.05) is 18.9 Å². The van der Waals surface area contributed by atoms with Crippen molar-refractivity contribution in [3.05, 3.63) is 29.3 Å². The molecule has 0 saturated heterocycles. The second-order valence-corrected chi connectivity index (χ2v) is 4.82. The number of aryl methyl sites for hydroxylation is 1. The molecule has 2 unspecified atom stereocenters. The highest BCUT2D eigenvalue weighted by Crippen LogP contribution is 2.29. The summed E-state index contributed by atoms with van der Waals surface area (Å²) in [5.74, 6) is -1.32. The van der Waals surface area contributed by atoms with Crippen LogP contribution in [0.1, 0.15) is 31.2 Å². The molecule has 96 valence electrons. The van der Waals surface area contributed by atoms with Crippen molar-refractivity contribution in [3.63, 3.8) is 0 Å². The van der Waals surface area contributed by atoms with Gasteiger partial charge >= 0.3 is 0 Å². The van der Waals surface area contributed by atoms with Gasteiger partial charge in [-0.3, -0.25) is 0 Å². The molecule has 0 bridgehead atoms. The molecule has 0 amide bonds. The summed E-state index contributed by atoms with van der Waals surface area (Å²) in [5, 5.41) is 11.9. The number of benzene rings is 1. The molecule has 0 aromatic heterocycles. The minimum atomic E-state index is -0.597. The summed E-state index contributed by atoms with van der Waals surface area (Å²) in [4.78, 5) is 0. The van der Waals surface area contributed by atoms with Crippen molar-refractivity contribution in [2.75, 3.05) is 5.32 Å². The smallest absolute Gasteiger partial charge is 0.152 e. The SMILES string of the molecule is Cc1ccc(F)c(NC2CCCCC2C#N)c1F. The number of anilines is 1. The van der Waals surface area contributed by atoms with Gasteiger partial charge in [0.2, 0.25) is 0 Å². The second-order valence-electron chi connectivity index (χ2n) is 4.82. The van der Waals surface area contributed by atoms with Crippen LogP contribution in [0.5, 0.6) is 0 Å². The van der Waals surface area contributed by atoms with Gasteiger partial charge in [0.25, 0.3) is 0 Å². The molecule has 2 rings (SSSR count). The third-order valence-electron chi connectivity index (χ3n) is 3.55. The highest BCUT2D eigenvalue weighted by molar-refractivity contribution is 5.50. The van der Waals surface area contributed by atoms with Crippen LogP contribution in [0.25, 0.3) is 0 Å². The molecular formula is C14H16F2N2. The van der Waals surface area contributed by atoms with Crippen molar-refractivity contribution in [2.45, 2.75) is 38.6 Å². The predicted molar refractivity (Wildman–Crippen MR) is 66.1 cm³/mol. The third kappa shape index (κ3) is 2.45. The summed E-state index contributed by atoms with van der Waals surface area (Å²) in [6.07, 6.45) is 3.58. The van der Waals surface area contributed by atoms with E-state index in [1.54, 1.807) is 6.92 Å². The molecule has 0 radical (unpaired) electrons. The molecule has 1 aliphatic rings. The standard InChI is InChI=1S/C14H16F2N2/c1-9-6-7-11(15)14(13(9)16)18-12-5-3-2-4-10(12)8-17/h6-7,10,12,18H,2-5H2,1H3. The lowest BCUT2D eigenvalue weighted by Crippen LogP contribution is -2.32. The lowest BCUT2D eigenvalue weighted by molar-refractivity contribution is 0.386. The van der Waals surface area contributed by atoms with Gasteiger partial charge < -0.3 is 5.32 Å². The van der Waals surface area contributed by atoms with E-state index in [1.807, 2.05) is 0 Å². The maximum absolute atomic E-state index is 13.9. The average Bonchev–Trinajstić information content (AvgIpc) is 2.39. The molecule has 18 heavy (non-hydrogen) atoms. The number of nitrogens with zero attached hydrogens (tertiary/aromatic N) is 1. The van der Waals surface area contributed by atoms with Crippen molar-refractivity contribution >= 4 is 5.69 Å². The van der Waals surface area contributed by atoms with E-state index < -0.39 is 11.6 Å². The van der Waals surface area contributed by atoms with Crippen molar-refractivity contribution in [1.29, 1.82) is 5.26 Å². The largest absolute Gasteiger partial charge is 0.376 e. The van der Waals surface area contributed by atoms with E-state index in [0.717, 1.165) is 25.7 Å². The van der Waals surface area contributed by atoms with Gasteiger partial charge in [0.05, 0.1) is 12.0 Å². The first-order valence-electron chi connectivity index (χ1n) is 6.24. The van der Waals surface area contributed by atoms with Crippen LogP contribution in [0.2, 0.25) is 0 Å². The zero-order valence-corrected chi connectivity index (χ0v) is 10.3. The number of hydrogen-bond acceptors (Lipinski definition) is 2. The summed E-state index contributed by atoms with van der Waals surface area (Å²) in [5.41, 5.74) is 0.311. The number of hydrogen-bond donors (Lipinski definition) is 1. The summed E-state index contributed by atoms with van der Waals surface area (Å²) in [7, 11) is 0. The molecular weight excluding hydrogens is 234 g/mol. The molecule has 4 heteroatoms. The van der Waals surface area contributed by atoms with E-state index in [1.165, 1.54) is 12.1 Å².